The minimum absolute atomic E-state index is 0.0226. The average Bonchev–Trinajstić information content (AvgIpc) is 2.37. The van der Waals surface area contributed by atoms with Crippen molar-refractivity contribution in [2.24, 2.45) is 17.1 Å². The molecule has 1 aliphatic heterocycles. The lowest BCUT2D eigenvalue weighted by Gasteiger charge is -2.49. The van der Waals surface area contributed by atoms with Crippen LogP contribution in [0.1, 0.15) is 60.3 Å². The Morgan fingerprint density at radius 2 is 2.00 bits per heavy atom. The second-order valence-corrected chi connectivity index (χ2v) is 8.16. The first kappa shape index (κ1) is 16.3. The maximum absolute atomic E-state index is 6.46. The molecule has 0 aromatic heterocycles. The summed E-state index contributed by atoms with van der Waals surface area (Å²) in [6.07, 6.45) is 5.00. The third-order valence-electron chi connectivity index (χ3n) is 5.81. The topological polar surface area (TPSA) is 38.5 Å². The van der Waals surface area contributed by atoms with Crippen molar-refractivity contribution in [3.63, 3.8) is 0 Å². The summed E-state index contributed by atoms with van der Waals surface area (Å²) in [6.45, 7) is 14.5. The first-order valence-corrected chi connectivity index (χ1v) is 8.39. The Kier molecular flexibility index (Phi) is 4.83. The van der Waals surface area contributed by atoms with Gasteiger partial charge in [-0.15, -0.1) is 0 Å². The van der Waals surface area contributed by atoms with Crippen molar-refractivity contribution in [2.75, 3.05) is 19.7 Å². The highest BCUT2D eigenvalue weighted by atomic mass is 16.5. The van der Waals surface area contributed by atoms with Gasteiger partial charge in [0.2, 0.25) is 0 Å². The van der Waals surface area contributed by atoms with Crippen molar-refractivity contribution in [3.8, 4) is 0 Å². The molecule has 3 unspecified atom stereocenters. The summed E-state index contributed by atoms with van der Waals surface area (Å²) >= 11 is 0. The Bertz CT molecular complexity index is 327. The molecule has 2 aliphatic rings. The van der Waals surface area contributed by atoms with Crippen molar-refractivity contribution >= 4 is 0 Å². The lowest BCUT2D eigenvalue weighted by Crippen LogP contribution is -2.59. The van der Waals surface area contributed by atoms with E-state index >= 15 is 0 Å². The first-order valence-electron chi connectivity index (χ1n) is 8.39. The fourth-order valence-corrected chi connectivity index (χ4v) is 3.92. The van der Waals surface area contributed by atoms with Crippen LogP contribution in [0.3, 0.4) is 0 Å². The highest BCUT2D eigenvalue weighted by Crippen LogP contribution is 2.41. The molecule has 1 aliphatic carbocycles. The van der Waals surface area contributed by atoms with Gasteiger partial charge < -0.3 is 10.5 Å². The Hall–Kier alpha value is -0.120. The summed E-state index contributed by atoms with van der Waals surface area (Å²) in [5.41, 5.74) is 6.88. The standard InChI is InChI=1S/C17H34N2O/c1-6-16(2,3)13-7-8-14(18)15(11-13)19-9-10-20-17(4,5)12-19/h13-15H,6-12,18H2,1-5H3. The molecule has 0 amide bonds. The van der Waals surface area contributed by atoms with E-state index in [0.717, 1.165) is 25.6 Å². The predicted molar refractivity (Wildman–Crippen MR) is 84.8 cm³/mol. The van der Waals surface area contributed by atoms with Crippen LogP contribution >= 0.6 is 0 Å². The summed E-state index contributed by atoms with van der Waals surface area (Å²) in [5.74, 6) is 0.809. The van der Waals surface area contributed by atoms with Crippen molar-refractivity contribution in [3.05, 3.63) is 0 Å². The fraction of sp³-hybridized carbons (Fsp3) is 1.00. The first-order chi connectivity index (χ1) is 9.25. The highest BCUT2D eigenvalue weighted by Gasteiger charge is 2.40. The van der Waals surface area contributed by atoms with E-state index in [-0.39, 0.29) is 5.60 Å². The molecule has 1 saturated heterocycles. The summed E-state index contributed by atoms with van der Waals surface area (Å²) in [4.78, 5) is 2.60. The van der Waals surface area contributed by atoms with Crippen LogP contribution in [0, 0.1) is 11.3 Å². The highest BCUT2D eigenvalue weighted by molar-refractivity contribution is 4.95. The molecule has 2 N–H and O–H groups in total. The Morgan fingerprint density at radius 3 is 2.60 bits per heavy atom. The van der Waals surface area contributed by atoms with E-state index in [9.17, 15) is 0 Å². The molecule has 0 aromatic carbocycles. The maximum Gasteiger partial charge on any atom is 0.0753 e. The fourth-order valence-electron chi connectivity index (χ4n) is 3.92. The van der Waals surface area contributed by atoms with Gasteiger partial charge in [-0.2, -0.15) is 0 Å². The van der Waals surface area contributed by atoms with Crippen LogP contribution in [0.15, 0.2) is 0 Å². The second-order valence-electron chi connectivity index (χ2n) is 8.16. The minimum Gasteiger partial charge on any atom is -0.373 e. The molecule has 0 bridgehead atoms. The van der Waals surface area contributed by atoms with E-state index in [1.54, 1.807) is 0 Å². The van der Waals surface area contributed by atoms with Crippen LogP contribution in [0.4, 0.5) is 0 Å². The van der Waals surface area contributed by atoms with Gasteiger partial charge >= 0.3 is 0 Å². The monoisotopic (exact) mass is 282 g/mol. The number of hydrogen-bond acceptors (Lipinski definition) is 3. The third-order valence-corrected chi connectivity index (χ3v) is 5.81. The molecular formula is C17H34N2O. The van der Waals surface area contributed by atoms with Gasteiger partial charge in [-0.05, 0) is 44.4 Å². The Balaban J connectivity index is 2.05. The zero-order chi connectivity index (χ0) is 15.0. The van der Waals surface area contributed by atoms with E-state index in [4.69, 9.17) is 10.5 Å². The summed E-state index contributed by atoms with van der Waals surface area (Å²) in [5, 5.41) is 0. The normalized spacial score (nSPS) is 36.0. The molecule has 1 heterocycles. The molecule has 3 nitrogen and oxygen atoms in total. The zero-order valence-corrected chi connectivity index (χ0v) is 14.1. The smallest absolute Gasteiger partial charge is 0.0753 e. The van der Waals surface area contributed by atoms with Gasteiger partial charge in [0.1, 0.15) is 0 Å². The second kappa shape index (κ2) is 5.94. The van der Waals surface area contributed by atoms with Crippen molar-refractivity contribution in [1.82, 2.24) is 4.90 Å². The minimum atomic E-state index is -0.0226. The summed E-state index contributed by atoms with van der Waals surface area (Å²) in [6, 6.07) is 0.885. The van der Waals surface area contributed by atoms with Crippen LogP contribution < -0.4 is 5.73 Å². The zero-order valence-electron chi connectivity index (χ0n) is 14.1. The molecule has 2 fully saturated rings. The van der Waals surface area contributed by atoms with Gasteiger partial charge in [-0.25, -0.2) is 0 Å². The molecule has 2 rings (SSSR count). The third kappa shape index (κ3) is 3.55. The molecular weight excluding hydrogens is 248 g/mol. The lowest BCUT2D eigenvalue weighted by molar-refractivity contribution is -0.107. The van der Waals surface area contributed by atoms with Crippen LogP contribution in [0.25, 0.3) is 0 Å². The molecule has 0 spiro atoms. The molecule has 20 heavy (non-hydrogen) atoms. The summed E-state index contributed by atoms with van der Waals surface area (Å²) < 4.78 is 5.85. The van der Waals surface area contributed by atoms with Gasteiger partial charge in [-0.1, -0.05) is 27.2 Å². The number of morpholine rings is 1. The number of rotatable bonds is 3. The molecule has 3 heteroatoms. The van der Waals surface area contributed by atoms with Gasteiger partial charge in [0.05, 0.1) is 12.2 Å². The predicted octanol–water partition coefficient (Wildman–Crippen LogP) is 3.03. The quantitative estimate of drug-likeness (QED) is 0.864. The number of nitrogens with zero attached hydrogens (tertiary/aromatic N) is 1. The van der Waals surface area contributed by atoms with Crippen LogP contribution in [-0.2, 0) is 4.74 Å². The van der Waals surface area contributed by atoms with Crippen molar-refractivity contribution < 1.29 is 4.74 Å². The Labute approximate surface area is 125 Å². The van der Waals surface area contributed by atoms with Crippen LogP contribution in [0.5, 0.6) is 0 Å². The van der Waals surface area contributed by atoms with E-state index in [2.05, 4.69) is 39.5 Å². The maximum atomic E-state index is 6.46. The van der Waals surface area contributed by atoms with Gasteiger partial charge in [-0.3, -0.25) is 4.90 Å². The largest absolute Gasteiger partial charge is 0.373 e. The van der Waals surface area contributed by atoms with E-state index in [0.29, 0.717) is 17.5 Å². The average molecular weight is 282 g/mol. The van der Waals surface area contributed by atoms with Crippen LogP contribution in [0.2, 0.25) is 0 Å². The molecule has 0 aromatic rings. The summed E-state index contributed by atoms with van der Waals surface area (Å²) in [7, 11) is 0. The SMILES string of the molecule is CCC(C)(C)C1CCC(N)C(N2CCOC(C)(C)C2)C1. The van der Waals surface area contributed by atoms with E-state index < -0.39 is 0 Å². The number of hydrogen-bond donors (Lipinski definition) is 1. The van der Waals surface area contributed by atoms with Gasteiger partial charge in [0, 0.05) is 25.2 Å². The van der Waals surface area contributed by atoms with Gasteiger partial charge in [0.15, 0.2) is 0 Å². The van der Waals surface area contributed by atoms with Crippen molar-refractivity contribution in [1.29, 1.82) is 0 Å². The molecule has 1 saturated carbocycles. The Morgan fingerprint density at radius 1 is 1.30 bits per heavy atom. The molecule has 3 atom stereocenters. The lowest BCUT2D eigenvalue weighted by atomic mass is 9.67. The van der Waals surface area contributed by atoms with Crippen LogP contribution in [-0.4, -0.2) is 42.3 Å². The van der Waals surface area contributed by atoms with E-state index in [1.807, 2.05) is 0 Å². The van der Waals surface area contributed by atoms with Crippen molar-refractivity contribution in [2.45, 2.75) is 78.0 Å². The number of nitrogens with two attached hydrogens (primary N) is 1. The van der Waals surface area contributed by atoms with E-state index in [1.165, 1.54) is 25.7 Å². The molecule has 118 valence electrons. The molecule has 0 radical (unpaired) electrons. The number of ether oxygens (including phenoxy) is 1. The van der Waals surface area contributed by atoms with Gasteiger partial charge in [0.25, 0.3) is 0 Å².